The minimum absolute atomic E-state index is 0.151. The van der Waals surface area contributed by atoms with E-state index in [0.29, 0.717) is 23.9 Å². The highest BCUT2D eigenvalue weighted by atomic mass is 16.6. The van der Waals surface area contributed by atoms with E-state index in [9.17, 15) is 9.59 Å². The highest BCUT2D eigenvalue weighted by Gasteiger charge is 2.23. The Morgan fingerprint density at radius 3 is 2.78 bits per heavy atom. The van der Waals surface area contributed by atoms with Crippen LogP contribution in [0, 0.1) is 6.92 Å². The average molecular weight is 317 g/mol. The molecule has 0 spiro atoms. The number of para-hydroxylation sites is 2. The molecule has 2 aromatic rings. The first-order chi connectivity index (χ1) is 11.1. The fraction of sp³-hybridized carbons (Fsp3) is 0.267. The van der Waals surface area contributed by atoms with Gasteiger partial charge in [0, 0.05) is 6.07 Å². The van der Waals surface area contributed by atoms with Gasteiger partial charge in [0.25, 0.3) is 0 Å². The third kappa shape index (κ3) is 3.60. The molecule has 3 rings (SSSR count). The van der Waals surface area contributed by atoms with E-state index in [4.69, 9.17) is 14.0 Å². The van der Waals surface area contributed by atoms with Gasteiger partial charge in [-0.15, -0.1) is 0 Å². The summed E-state index contributed by atoms with van der Waals surface area (Å²) in [5.74, 6) is 0.388. The maximum absolute atomic E-state index is 11.8. The number of rotatable bonds is 3. The number of amides is 2. The van der Waals surface area contributed by atoms with Gasteiger partial charge in [-0.05, 0) is 19.1 Å². The van der Waals surface area contributed by atoms with Crippen molar-refractivity contribution >= 4 is 17.6 Å². The van der Waals surface area contributed by atoms with Crippen LogP contribution < -0.4 is 20.1 Å². The molecule has 8 heteroatoms. The number of nitrogens with one attached hydrogen (secondary N) is 2. The molecule has 1 atom stereocenters. The van der Waals surface area contributed by atoms with Gasteiger partial charge in [0.15, 0.2) is 17.3 Å². The molecule has 0 aliphatic carbocycles. The molecular formula is C15H15N3O5. The van der Waals surface area contributed by atoms with E-state index in [2.05, 4.69) is 15.8 Å². The van der Waals surface area contributed by atoms with Crippen molar-refractivity contribution in [2.75, 3.05) is 18.5 Å². The Kier molecular flexibility index (Phi) is 4.13. The van der Waals surface area contributed by atoms with Crippen LogP contribution in [0.3, 0.4) is 0 Å². The summed E-state index contributed by atoms with van der Waals surface area (Å²) in [7, 11) is 0. The molecule has 23 heavy (non-hydrogen) atoms. The second-order valence-corrected chi connectivity index (χ2v) is 4.98. The van der Waals surface area contributed by atoms with Crippen molar-refractivity contribution in [1.29, 1.82) is 0 Å². The minimum Gasteiger partial charge on any atom is -0.486 e. The molecule has 0 bridgehead atoms. The van der Waals surface area contributed by atoms with E-state index in [0.717, 1.165) is 0 Å². The number of fused-ring (bicyclic) bond motifs is 1. The lowest BCUT2D eigenvalue weighted by Crippen LogP contribution is -2.44. The fourth-order valence-electron chi connectivity index (χ4n) is 2.05. The third-order valence-electron chi connectivity index (χ3n) is 3.13. The monoisotopic (exact) mass is 317 g/mol. The number of aromatic nitrogens is 1. The minimum atomic E-state index is -0.824. The van der Waals surface area contributed by atoms with E-state index >= 15 is 0 Å². The molecule has 2 amide bonds. The fourth-order valence-corrected chi connectivity index (χ4v) is 2.05. The Morgan fingerprint density at radius 1 is 1.26 bits per heavy atom. The van der Waals surface area contributed by atoms with Crippen molar-refractivity contribution in [2.45, 2.75) is 13.0 Å². The second-order valence-electron chi connectivity index (χ2n) is 4.98. The van der Waals surface area contributed by atoms with E-state index < -0.39 is 11.8 Å². The molecule has 0 saturated heterocycles. The summed E-state index contributed by atoms with van der Waals surface area (Å²) in [6.45, 7) is 2.13. The summed E-state index contributed by atoms with van der Waals surface area (Å²) in [5, 5.41) is 8.42. The molecule has 1 aromatic heterocycles. The van der Waals surface area contributed by atoms with Crippen molar-refractivity contribution in [3.8, 4) is 11.5 Å². The number of hydrogen-bond donors (Lipinski definition) is 2. The number of carbonyl (C=O) groups is 2. The first-order valence-corrected chi connectivity index (χ1v) is 7.03. The molecule has 0 saturated carbocycles. The summed E-state index contributed by atoms with van der Waals surface area (Å²) < 4.78 is 16.0. The van der Waals surface area contributed by atoms with E-state index in [1.807, 2.05) is 12.1 Å². The van der Waals surface area contributed by atoms with Crippen molar-refractivity contribution in [3.63, 3.8) is 0 Å². The molecule has 2 heterocycles. The molecule has 1 aliphatic rings. The highest BCUT2D eigenvalue weighted by molar-refractivity contribution is 6.39. The zero-order chi connectivity index (χ0) is 16.2. The molecule has 120 valence electrons. The van der Waals surface area contributed by atoms with E-state index in [1.54, 1.807) is 19.1 Å². The summed E-state index contributed by atoms with van der Waals surface area (Å²) >= 11 is 0. The molecule has 1 aliphatic heterocycles. The molecule has 8 nitrogen and oxygen atoms in total. The van der Waals surface area contributed by atoms with Gasteiger partial charge in [-0.1, -0.05) is 17.3 Å². The average Bonchev–Trinajstić information content (AvgIpc) is 2.97. The molecular weight excluding hydrogens is 302 g/mol. The first kappa shape index (κ1) is 14.9. The summed E-state index contributed by atoms with van der Waals surface area (Å²) in [6, 6.07) is 8.78. The Hall–Kier alpha value is -3.03. The van der Waals surface area contributed by atoms with Crippen LogP contribution in [-0.4, -0.2) is 36.2 Å². The van der Waals surface area contributed by atoms with Gasteiger partial charge in [0.2, 0.25) is 0 Å². The van der Waals surface area contributed by atoms with Crippen molar-refractivity contribution in [1.82, 2.24) is 10.5 Å². The highest BCUT2D eigenvalue weighted by Crippen LogP contribution is 2.30. The zero-order valence-electron chi connectivity index (χ0n) is 12.4. The largest absolute Gasteiger partial charge is 0.486 e. The Bertz CT molecular complexity index is 727. The number of nitrogens with zero attached hydrogens (tertiary/aromatic N) is 1. The summed E-state index contributed by atoms with van der Waals surface area (Å²) in [6.07, 6.45) is -0.365. The van der Waals surface area contributed by atoms with Crippen LogP contribution in [0.25, 0.3) is 0 Å². The van der Waals surface area contributed by atoms with Gasteiger partial charge in [-0.2, -0.15) is 0 Å². The van der Waals surface area contributed by atoms with Crippen LogP contribution in [0.1, 0.15) is 5.76 Å². The lowest BCUT2D eigenvalue weighted by Gasteiger charge is -2.26. The van der Waals surface area contributed by atoms with E-state index in [1.165, 1.54) is 6.07 Å². The Labute approximate surface area is 131 Å². The van der Waals surface area contributed by atoms with Crippen LogP contribution in [0.2, 0.25) is 0 Å². The number of benzene rings is 1. The second kappa shape index (κ2) is 6.39. The predicted molar refractivity (Wildman–Crippen MR) is 79.2 cm³/mol. The summed E-state index contributed by atoms with van der Waals surface area (Å²) in [5.41, 5.74) is 0. The summed E-state index contributed by atoms with van der Waals surface area (Å²) in [4.78, 5) is 23.5. The van der Waals surface area contributed by atoms with Gasteiger partial charge in [0.1, 0.15) is 18.5 Å². The molecule has 0 fully saturated rings. The van der Waals surface area contributed by atoms with Gasteiger partial charge >= 0.3 is 11.8 Å². The van der Waals surface area contributed by atoms with Crippen LogP contribution in [0.15, 0.2) is 34.9 Å². The SMILES string of the molecule is Cc1cc(NC(=O)C(=O)NCC2COc3ccccc3O2)no1. The lowest BCUT2D eigenvalue weighted by atomic mass is 10.2. The van der Waals surface area contributed by atoms with Crippen LogP contribution in [0.5, 0.6) is 11.5 Å². The molecule has 1 unspecified atom stereocenters. The topological polar surface area (TPSA) is 103 Å². The molecule has 0 radical (unpaired) electrons. The number of carbonyl (C=O) groups excluding carboxylic acids is 2. The van der Waals surface area contributed by atoms with Gasteiger partial charge < -0.3 is 19.3 Å². The standard InChI is InChI=1S/C15H15N3O5/c1-9-6-13(18-23-9)17-15(20)14(19)16-7-10-8-21-11-4-2-3-5-12(11)22-10/h2-6,10H,7-8H2,1H3,(H,16,19)(H,17,18,20). The van der Waals surface area contributed by atoms with Crippen LogP contribution >= 0.6 is 0 Å². The normalized spacial score (nSPS) is 15.8. The lowest BCUT2D eigenvalue weighted by molar-refractivity contribution is -0.136. The van der Waals surface area contributed by atoms with Crippen LogP contribution in [-0.2, 0) is 9.59 Å². The first-order valence-electron chi connectivity index (χ1n) is 7.03. The number of anilines is 1. The number of aryl methyl sites for hydroxylation is 1. The maximum Gasteiger partial charge on any atom is 0.314 e. The zero-order valence-corrected chi connectivity index (χ0v) is 12.4. The number of hydrogen-bond acceptors (Lipinski definition) is 6. The molecule has 1 aromatic carbocycles. The Balaban J connectivity index is 1.48. The number of ether oxygens (including phenoxy) is 2. The third-order valence-corrected chi connectivity index (χ3v) is 3.13. The van der Waals surface area contributed by atoms with Gasteiger partial charge in [0.05, 0.1) is 6.54 Å². The Morgan fingerprint density at radius 2 is 2.04 bits per heavy atom. The smallest absolute Gasteiger partial charge is 0.314 e. The maximum atomic E-state index is 11.8. The van der Waals surface area contributed by atoms with Crippen LogP contribution in [0.4, 0.5) is 5.82 Å². The molecule has 2 N–H and O–H groups in total. The quantitative estimate of drug-likeness (QED) is 0.815. The van der Waals surface area contributed by atoms with Crippen molar-refractivity contribution in [2.24, 2.45) is 0 Å². The van der Waals surface area contributed by atoms with E-state index in [-0.39, 0.29) is 18.5 Å². The predicted octanol–water partition coefficient (Wildman–Crippen LogP) is 0.878. The van der Waals surface area contributed by atoms with Gasteiger partial charge in [-0.3, -0.25) is 14.9 Å². The van der Waals surface area contributed by atoms with Crippen molar-refractivity contribution in [3.05, 3.63) is 36.1 Å². The van der Waals surface area contributed by atoms with Crippen molar-refractivity contribution < 1.29 is 23.6 Å². The van der Waals surface area contributed by atoms with Gasteiger partial charge in [-0.25, -0.2) is 0 Å².